The SMILES string of the molecule is CCNc1ncnc(N2CCCC(C)C2)c1CC. The van der Waals surface area contributed by atoms with Gasteiger partial charge in [-0.15, -0.1) is 0 Å². The summed E-state index contributed by atoms with van der Waals surface area (Å²) >= 11 is 0. The molecule has 1 aliphatic heterocycles. The molecule has 1 N–H and O–H groups in total. The Balaban J connectivity index is 2.28. The van der Waals surface area contributed by atoms with Gasteiger partial charge >= 0.3 is 0 Å². The van der Waals surface area contributed by atoms with Crippen LogP contribution in [0.4, 0.5) is 11.6 Å². The highest BCUT2D eigenvalue weighted by Gasteiger charge is 2.21. The van der Waals surface area contributed by atoms with Crippen LogP contribution in [0.15, 0.2) is 6.33 Å². The van der Waals surface area contributed by atoms with E-state index in [0.717, 1.165) is 43.6 Å². The first-order valence-electron chi connectivity index (χ1n) is 7.08. The molecule has 4 heteroatoms. The molecule has 0 aromatic carbocycles. The van der Waals surface area contributed by atoms with E-state index in [2.05, 4.69) is 41.0 Å². The van der Waals surface area contributed by atoms with Crippen molar-refractivity contribution in [1.29, 1.82) is 0 Å². The van der Waals surface area contributed by atoms with Crippen molar-refractivity contribution in [3.8, 4) is 0 Å². The second kappa shape index (κ2) is 6.03. The monoisotopic (exact) mass is 248 g/mol. The summed E-state index contributed by atoms with van der Waals surface area (Å²) in [7, 11) is 0. The number of aromatic nitrogens is 2. The van der Waals surface area contributed by atoms with E-state index in [9.17, 15) is 0 Å². The summed E-state index contributed by atoms with van der Waals surface area (Å²) in [6.45, 7) is 9.75. The maximum Gasteiger partial charge on any atom is 0.137 e. The molecule has 0 bridgehead atoms. The second-order valence-electron chi connectivity index (χ2n) is 5.10. The molecule has 2 heterocycles. The van der Waals surface area contributed by atoms with Crippen LogP contribution < -0.4 is 10.2 Å². The standard InChI is InChI=1S/C14H24N4/c1-4-12-13(15-5-2)16-10-17-14(12)18-8-6-7-11(3)9-18/h10-11H,4-9H2,1-3H3,(H,15,16,17). The highest BCUT2D eigenvalue weighted by Crippen LogP contribution is 2.27. The molecule has 1 aliphatic rings. The van der Waals surface area contributed by atoms with E-state index >= 15 is 0 Å². The molecule has 0 aliphatic carbocycles. The van der Waals surface area contributed by atoms with Crippen molar-refractivity contribution in [2.75, 3.05) is 29.9 Å². The summed E-state index contributed by atoms with van der Waals surface area (Å²) in [6.07, 6.45) is 5.27. The molecule has 1 atom stereocenters. The number of nitrogens with zero attached hydrogens (tertiary/aromatic N) is 3. The van der Waals surface area contributed by atoms with Crippen molar-refractivity contribution in [1.82, 2.24) is 9.97 Å². The molecule has 2 rings (SSSR count). The Labute approximate surface area is 110 Å². The molecular formula is C14H24N4. The van der Waals surface area contributed by atoms with Crippen LogP contribution in [0.1, 0.15) is 39.2 Å². The summed E-state index contributed by atoms with van der Waals surface area (Å²) in [5.41, 5.74) is 1.26. The van der Waals surface area contributed by atoms with E-state index in [1.165, 1.54) is 18.4 Å². The lowest BCUT2D eigenvalue weighted by molar-refractivity contribution is 0.444. The molecule has 1 saturated heterocycles. The van der Waals surface area contributed by atoms with Gasteiger partial charge in [0.1, 0.15) is 18.0 Å². The maximum absolute atomic E-state index is 4.53. The maximum atomic E-state index is 4.53. The molecule has 1 aromatic heterocycles. The van der Waals surface area contributed by atoms with Crippen LogP contribution in [0.3, 0.4) is 0 Å². The van der Waals surface area contributed by atoms with Gasteiger partial charge in [0.25, 0.3) is 0 Å². The number of hydrogen-bond acceptors (Lipinski definition) is 4. The van der Waals surface area contributed by atoms with Crippen molar-refractivity contribution in [3.63, 3.8) is 0 Å². The zero-order valence-electron chi connectivity index (χ0n) is 11.7. The van der Waals surface area contributed by atoms with Gasteiger partial charge in [-0.3, -0.25) is 0 Å². The first-order valence-corrected chi connectivity index (χ1v) is 7.08. The van der Waals surface area contributed by atoms with Crippen LogP contribution in [0.2, 0.25) is 0 Å². The minimum atomic E-state index is 0.765. The Morgan fingerprint density at radius 1 is 1.39 bits per heavy atom. The zero-order chi connectivity index (χ0) is 13.0. The number of piperidine rings is 1. The molecule has 1 fully saturated rings. The number of anilines is 2. The molecule has 4 nitrogen and oxygen atoms in total. The fourth-order valence-electron chi connectivity index (χ4n) is 2.70. The predicted molar refractivity (Wildman–Crippen MR) is 76.2 cm³/mol. The fraction of sp³-hybridized carbons (Fsp3) is 0.714. The minimum absolute atomic E-state index is 0.765. The van der Waals surface area contributed by atoms with E-state index < -0.39 is 0 Å². The zero-order valence-corrected chi connectivity index (χ0v) is 11.7. The van der Waals surface area contributed by atoms with Crippen LogP contribution >= 0.6 is 0 Å². The Morgan fingerprint density at radius 2 is 2.22 bits per heavy atom. The molecule has 1 aromatic rings. The summed E-state index contributed by atoms with van der Waals surface area (Å²) in [5, 5.41) is 3.34. The predicted octanol–water partition coefficient (Wildman–Crippen LogP) is 2.71. The Bertz CT molecular complexity index is 391. The summed E-state index contributed by atoms with van der Waals surface area (Å²) in [4.78, 5) is 11.3. The van der Waals surface area contributed by atoms with E-state index in [1.54, 1.807) is 6.33 Å². The summed E-state index contributed by atoms with van der Waals surface area (Å²) in [6, 6.07) is 0. The summed E-state index contributed by atoms with van der Waals surface area (Å²) in [5.74, 6) is 2.90. The van der Waals surface area contributed by atoms with E-state index in [0.29, 0.717) is 0 Å². The third-order valence-corrected chi connectivity index (χ3v) is 3.58. The van der Waals surface area contributed by atoms with Crippen LogP contribution in [0.25, 0.3) is 0 Å². The lowest BCUT2D eigenvalue weighted by atomic mass is 10.00. The van der Waals surface area contributed by atoms with Gasteiger partial charge in [-0.05, 0) is 32.1 Å². The van der Waals surface area contributed by atoms with Gasteiger partial charge in [0, 0.05) is 25.2 Å². The molecule has 100 valence electrons. The van der Waals surface area contributed by atoms with Crippen molar-refractivity contribution in [3.05, 3.63) is 11.9 Å². The highest BCUT2D eigenvalue weighted by molar-refractivity contribution is 5.59. The molecule has 0 spiro atoms. The molecule has 0 amide bonds. The van der Waals surface area contributed by atoms with Crippen LogP contribution in [0, 0.1) is 5.92 Å². The van der Waals surface area contributed by atoms with Crippen LogP contribution in [-0.4, -0.2) is 29.6 Å². The molecule has 18 heavy (non-hydrogen) atoms. The summed E-state index contributed by atoms with van der Waals surface area (Å²) < 4.78 is 0. The highest BCUT2D eigenvalue weighted by atomic mass is 15.2. The largest absolute Gasteiger partial charge is 0.370 e. The lowest BCUT2D eigenvalue weighted by Gasteiger charge is -2.33. The van der Waals surface area contributed by atoms with E-state index in [-0.39, 0.29) is 0 Å². The average Bonchev–Trinajstić information content (AvgIpc) is 2.39. The average molecular weight is 248 g/mol. The topological polar surface area (TPSA) is 41.1 Å². The van der Waals surface area contributed by atoms with Gasteiger partial charge in [0.2, 0.25) is 0 Å². The molecule has 1 unspecified atom stereocenters. The molecule has 0 radical (unpaired) electrons. The fourth-order valence-corrected chi connectivity index (χ4v) is 2.70. The Kier molecular flexibility index (Phi) is 4.39. The Hall–Kier alpha value is -1.32. The normalized spacial score (nSPS) is 19.9. The third-order valence-electron chi connectivity index (χ3n) is 3.58. The third kappa shape index (κ3) is 2.74. The van der Waals surface area contributed by atoms with Gasteiger partial charge in [-0.25, -0.2) is 9.97 Å². The van der Waals surface area contributed by atoms with Gasteiger partial charge in [0.15, 0.2) is 0 Å². The quantitative estimate of drug-likeness (QED) is 0.889. The molecule has 0 saturated carbocycles. The van der Waals surface area contributed by atoms with Gasteiger partial charge in [-0.1, -0.05) is 13.8 Å². The minimum Gasteiger partial charge on any atom is -0.370 e. The number of nitrogens with one attached hydrogen (secondary N) is 1. The van der Waals surface area contributed by atoms with Gasteiger partial charge in [0.05, 0.1) is 0 Å². The lowest BCUT2D eigenvalue weighted by Crippen LogP contribution is -2.35. The van der Waals surface area contributed by atoms with Crippen molar-refractivity contribution in [2.24, 2.45) is 5.92 Å². The van der Waals surface area contributed by atoms with Crippen LogP contribution in [0.5, 0.6) is 0 Å². The first kappa shape index (κ1) is 13.1. The van der Waals surface area contributed by atoms with Crippen molar-refractivity contribution < 1.29 is 0 Å². The molecular weight excluding hydrogens is 224 g/mol. The number of rotatable bonds is 4. The van der Waals surface area contributed by atoms with Crippen molar-refractivity contribution >= 4 is 11.6 Å². The van der Waals surface area contributed by atoms with Crippen LogP contribution in [-0.2, 0) is 6.42 Å². The van der Waals surface area contributed by atoms with Gasteiger partial charge < -0.3 is 10.2 Å². The first-order chi connectivity index (χ1) is 8.76. The number of hydrogen-bond donors (Lipinski definition) is 1. The van der Waals surface area contributed by atoms with Gasteiger partial charge in [-0.2, -0.15) is 0 Å². The Morgan fingerprint density at radius 3 is 2.89 bits per heavy atom. The van der Waals surface area contributed by atoms with E-state index in [4.69, 9.17) is 0 Å². The van der Waals surface area contributed by atoms with Crippen molar-refractivity contribution in [2.45, 2.75) is 40.0 Å². The van der Waals surface area contributed by atoms with E-state index in [1.807, 2.05) is 0 Å². The smallest absolute Gasteiger partial charge is 0.137 e. The second-order valence-corrected chi connectivity index (χ2v) is 5.10.